The van der Waals surface area contributed by atoms with Crippen LogP contribution in [0.4, 0.5) is 0 Å². The molecule has 142 valence electrons. The average molecular weight is 396 g/mol. The van der Waals surface area contributed by atoms with Gasteiger partial charge >= 0.3 is 0 Å². The van der Waals surface area contributed by atoms with E-state index in [-0.39, 0.29) is 10.3 Å². The zero-order chi connectivity index (χ0) is 20.1. The van der Waals surface area contributed by atoms with Crippen LogP contribution in [0.2, 0.25) is 0 Å². The van der Waals surface area contributed by atoms with Gasteiger partial charge in [-0.05, 0) is 36.5 Å². The van der Waals surface area contributed by atoms with Gasteiger partial charge in [-0.15, -0.1) is 0 Å². The number of aromatic amines is 1. The van der Waals surface area contributed by atoms with Crippen LogP contribution in [-0.2, 0) is 0 Å². The Morgan fingerprint density at radius 2 is 1.89 bits per heavy atom. The lowest BCUT2D eigenvalue weighted by atomic mass is 10.2. The molecule has 1 amide bonds. The summed E-state index contributed by atoms with van der Waals surface area (Å²) in [4.78, 5) is 26.7. The quantitative estimate of drug-likeness (QED) is 0.349. The lowest BCUT2D eigenvalue weighted by Gasteiger charge is -2.14. The second kappa shape index (κ2) is 8.31. The first-order valence-electron chi connectivity index (χ1n) is 8.13. The fraction of sp³-hybridized carbons (Fsp3) is 0.0526. The fourth-order valence-corrected chi connectivity index (χ4v) is 2.78. The topological polar surface area (TPSA) is 109 Å². The van der Waals surface area contributed by atoms with Gasteiger partial charge in [0.05, 0.1) is 19.0 Å². The summed E-state index contributed by atoms with van der Waals surface area (Å²) in [5.41, 5.74) is 2.33. The third kappa shape index (κ3) is 3.84. The van der Waals surface area contributed by atoms with Crippen molar-refractivity contribution in [2.45, 2.75) is 0 Å². The molecule has 0 atom stereocenters. The number of amides is 1. The summed E-state index contributed by atoms with van der Waals surface area (Å²) in [6, 6.07) is 15.3. The summed E-state index contributed by atoms with van der Waals surface area (Å²) in [7, 11) is 1.48. The number of nitrogens with one attached hydrogen (secondary N) is 2. The number of carbonyl (C=O) groups is 1. The van der Waals surface area contributed by atoms with Crippen LogP contribution in [-0.4, -0.2) is 33.9 Å². The number of aromatic nitrogens is 2. The molecule has 3 rings (SSSR count). The molecule has 28 heavy (non-hydrogen) atoms. The largest absolute Gasteiger partial charge is 0.495 e. The van der Waals surface area contributed by atoms with E-state index in [9.17, 15) is 14.7 Å². The first-order valence-corrected chi connectivity index (χ1v) is 8.54. The number of rotatable bonds is 5. The lowest BCUT2D eigenvalue weighted by Crippen LogP contribution is -2.21. The molecule has 0 unspecified atom stereocenters. The van der Waals surface area contributed by atoms with Gasteiger partial charge in [0, 0.05) is 5.56 Å². The van der Waals surface area contributed by atoms with Gasteiger partial charge < -0.3 is 9.84 Å². The van der Waals surface area contributed by atoms with Gasteiger partial charge in [-0.1, -0.05) is 30.3 Å². The van der Waals surface area contributed by atoms with Crippen LogP contribution in [0.3, 0.4) is 0 Å². The zero-order valence-corrected chi connectivity index (χ0v) is 15.6. The molecule has 2 aromatic carbocycles. The van der Waals surface area contributed by atoms with E-state index in [1.165, 1.54) is 11.7 Å². The number of benzene rings is 2. The van der Waals surface area contributed by atoms with Crippen LogP contribution in [0.25, 0.3) is 5.69 Å². The van der Waals surface area contributed by atoms with Gasteiger partial charge in [0.2, 0.25) is 5.88 Å². The van der Waals surface area contributed by atoms with Crippen LogP contribution < -0.4 is 15.7 Å². The van der Waals surface area contributed by atoms with Gasteiger partial charge in [0.15, 0.2) is 4.77 Å². The molecule has 1 heterocycles. The highest BCUT2D eigenvalue weighted by molar-refractivity contribution is 7.71. The number of hydrazone groups is 1. The molecule has 9 heteroatoms. The molecule has 0 bridgehead atoms. The summed E-state index contributed by atoms with van der Waals surface area (Å²) in [6.07, 6.45) is 1.05. The molecular weight excluding hydrogens is 380 g/mol. The van der Waals surface area contributed by atoms with Gasteiger partial charge in [-0.25, -0.2) is 5.43 Å². The number of methoxy groups -OCH3 is 1. The summed E-state index contributed by atoms with van der Waals surface area (Å²) in [6.45, 7) is 0. The first kappa shape index (κ1) is 19.1. The summed E-state index contributed by atoms with van der Waals surface area (Å²) < 4.78 is 6.51. The minimum absolute atomic E-state index is 0.0162. The van der Waals surface area contributed by atoms with E-state index >= 15 is 0 Å². The molecule has 0 fully saturated rings. The molecule has 3 N–H and O–H groups in total. The Hall–Kier alpha value is -3.72. The van der Waals surface area contributed by atoms with Crippen molar-refractivity contribution in [1.29, 1.82) is 0 Å². The van der Waals surface area contributed by atoms with Crippen molar-refractivity contribution in [2.24, 2.45) is 5.10 Å². The van der Waals surface area contributed by atoms with Crippen molar-refractivity contribution >= 4 is 24.3 Å². The Bertz CT molecular complexity index is 1150. The molecule has 0 spiro atoms. The Labute approximate surface area is 164 Å². The van der Waals surface area contributed by atoms with Crippen molar-refractivity contribution in [3.05, 3.63) is 80.8 Å². The fourth-order valence-electron chi connectivity index (χ4n) is 2.50. The predicted molar refractivity (Wildman–Crippen MR) is 107 cm³/mol. The molecule has 0 radical (unpaired) electrons. The van der Waals surface area contributed by atoms with E-state index in [4.69, 9.17) is 17.0 Å². The van der Waals surface area contributed by atoms with Crippen molar-refractivity contribution < 1.29 is 14.6 Å². The monoisotopic (exact) mass is 396 g/mol. The number of para-hydroxylation sites is 2. The molecule has 0 saturated carbocycles. The van der Waals surface area contributed by atoms with E-state index in [2.05, 4.69) is 15.5 Å². The van der Waals surface area contributed by atoms with Crippen LogP contribution in [0.1, 0.15) is 15.9 Å². The summed E-state index contributed by atoms with van der Waals surface area (Å²) in [5.74, 6) is -0.442. The second-order valence-corrected chi connectivity index (χ2v) is 5.96. The Kier molecular flexibility index (Phi) is 5.66. The average Bonchev–Trinajstić information content (AvgIpc) is 2.71. The number of hydrogen-bond acceptors (Lipinski definition) is 6. The number of H-pyrrole nitrogens is 1. The van der Waals surface area contributed by atoms with Crippen LogP contribution >= 0.6 is 12.2 Å². The van der Waals surface area contributed by atoms with Crippen LogP contribution in [0.5, 0.6) is 11.6 Å². The highest BCUT2D eigenvalue weighted by atomic mass is 32.1. The highest BCUT2D eigenvalue weighted by Gasteiger charge is 2.15. The number of aromatic hydroxyl groups is 1. The summed E-state index contributed by atoms with van der Waals surface area (Å²) in [5, 5.41) is 14.4. The molecule has 0 saturated heterocycles. The maximum absolute atomic E-state index is 12.2. The van der Waals surface area contributed by atoms with Gasteiger partial charge in [-0.2, -0.15) is 5.10 Å². The normalized spacial score (nSPS) is 10.8. The second-order valence-electron chi connectivity index (χ2n) is 5.57. The molecule has 0 aliphatic carbocycles. The molecule has 0 aliphatic heterocycles. The van der Waals surface area contributed by atoms with Crippen molar-refractivity contribution in [1.82, 2.24) is 15.0 Å². The lowest BCUT2D eigenvalue weighted by molar-refractivity contribution is 0.0955. The number of hydrogen-bond donors (Lipinski definition) is 3. The van der Waals surface area contributed by atoms with Gasteiger partial charge in [0.25, 0.3) is 11.5 Å². The Morgan fingerprint density at radius 1 is 1.21 bits per heavy atom. The predicted octanol–water partition coefficient (Wildman–Crippen LogP) is 2.37. The van der Waals surface area contributed by atoms with Crippen molar-refractivity contribution in [3.8, 4) is 17.3 Å². The smallest absolute Gasteiger partial charge is 0.271 e. The third-order valence-corrected chi connectivity index (χ3v) is 4.13. The molecule has 3 aromatic rings. The van der Waals surface area contributed by atoms with E-state index in [0.29, 0.717) is 17.0 Å². The Morgan fingerprint density at radius 3 is 2.61 bits per heavy atom. The number of nitrogens with zero attached hydrogens (tertiary/aromatic N) is 2. The minimum atomic E-state index is -0.647. The van der Waals surface area contributed by atoms with Gasteiger partial charge in [0.1, 0.15) is 11.3 Å². The van der Waals surface area contributed by atoms with Gasteiger partial charge in [-0.3, -0.25) is 19.1 Å². The standard InChI is InChI=1S/C19H16N4O4S/c1-27-15-10-6-5-9-14(15)23-18(26)13(17(25)21-19(23)28)11-20-22-16(24)12-7-3-2-4-8-12/h2-11,26H,1H3,(H,22,24)(H,21,25,28)/b20-11+. The van der Waals surface area contributed by atoms with E-state index in [1.807, 2.05) is 0 Å². The number of ether oxygens (including phenoxy) is 1. The molecular formula is C19H16N4O4S. The zero-order valence-electron chi connectivity index (χ0n) is 14.7. The maximum atomic E-state index is 12.2. The Balaban J connectivity index is 1.97. The molecule has 8 nitrogen and oxygen atoms in total. The van der Waals surface area contributed by atoms with Crippen LogP contribution in [0.15, 0.2) is 64.5 Å². The van der Waals surface area contributed by atoms with Crippen LogP contribution in [0, 0.1) is 4.77 Å². The SMILES string of the molecule is COc1ccccc1-n1c(O)c(/C=N/NC(=O)c2ccccc2)c(=O)[nH]c1=S. The maximum Gasteiger partial charge on any atom is 0.271 e. The molecule has 0 aliphatic rings. The van der Waals surface area contributed by atoms with E-state index in [0.717, 1.165) is 6.21 Å². The van der Waals surface area contributed by atoms with E-state index in [1.54, 1.807) is 54.6 Å². The molecule has 1 aromatic heterocycles. The highest BCUT2D eigenvalue weighted by Crippen LogP contribution is 2.26. The number of carbonyl (C=O) groups excluding carboxylic acids is 1. The third-order valence-electron chi connectivity index (χ3n) is 3.84. The van der Waals surface area contributed by atoms with Crippen molar-refractivity contribution in [3.63, 3.8) is 0 Å². The van der Waals surface area contributed by atoms with Crippen molar-refractivity contribution in [2.75, 3.05) is 7.11 Å². The minimum Gasteiger partial charge on any atom is -0.495 e. The first-order chi connectivity index (χ1) is 13.5. The summed E-state index contributed by atoms with van der Waals surface area (Å²) >= 11 is 5.17. The van der Waals surface area contributed by atoms with E-state index < -0.39 is 17.3 Å².